The Labute approximate surface area is 200 Å². The number of anilines is 1. The Kier molecular flexibility index (Phi) is 6.56. The molecular weight excluding hydrogens is 461 g/mol. The Hall–Kier alpha value is -3.84. The molecule has 34 heavy (non-hydrogen) atoms. The van der Waals surface area contributed by atoms with Gasteiger partial charge in [0, 0.05) is 17.3 Å². The lowest BCUT2D eigenvalue weighted by Crippen LogP contribution is -2.29. The fraction of sp³-hybridized carbons (Fsp3) is 0.154. The average Bonchev–Trinajstić information content (AvgIpc) is 3.11. The van der Waals surface area contributed by atoms with Crippen LogP contribution in [0.3, 0.4) is 0 Å². The number of hydrogen-bond donors (Lipinski definition) is 1. The Balaban J connectivity index is 1.95. The normalized spacial score (nSPS) is 17.2. The minimum absolute atomic E-state index is 0.142. The molecule has 0 spiro atoms. The van der Waals surface area contributed by atoms with E-state index in [1.165, 1.54) is 48.4 Å². The summed E-state index contributed by atoms with van der Waals surface area (Å²) in [7, 11) is 1.48. The van der Waals surface area contributed by atoms with Crippen molar-refractivity contribution in [3.05, 3.63) is 94.3 Å². The van der Waals surface area contributed by atoms with Crippen LogP contribution in [0.15, 0.2) is 72.3 Å². The largest absolute Gasteiger partial charge is 0.507 e. The molecule has 4 rings (SSSR count). The number of ketones is 1. The van der Waals surface area contributed by atoms with Gasteiger partial charge in [0.05, 0.1) is 30.4 Å². The molecule has 1 saturated heterocycles. The second-order valence-corrected chi connectivity index (χ2v) is 7.90. The fourth-order valence-electron chi connectivity index (χ4n) is 3.91. The molecule has 3 aromatic rings. The van der Waals surface area contributed by atoms with Gasteiger partial charge in [0.15, 0.2) is 0 Å². The highest BCUT2D eigenvalue weighted by Gasteiger charge is 2.47. The van der Waals surface area contributed by atoms with Crippen LogP contribution in [0.1, 0.15) is 24.1 Å². The first-order valence-corrected chi connectivity index (χ1v) is 10.9. The third kappa shape index (κ3) is 4.22. The van der Waals surface area contributed by atoms with E-state index < -0.39 is 29.3 Å². The number of methoxy groups -OCH3 is 1. The monoisotopic (exact) mass is 481 g/mol. The molecule has 1 heterocycles. The molecule has 0 aliphatic carbocycles. The van der Waals surface area contributed by atoms with Gasteiger partial charge in [-0.2, -0.15) is 0 Å². The maximum atomic E-state index is 13.7. The zero-order valence-corrected chi connectivity index (χ0v) is 19.2. The zero-order valence-electron chi connectivity index (χ0n) is 18.4. The van der Waals surface area contributed by atoms with Gasteiger partial charge in [0.1, 0.15) is 23.1 Å². The molecule has 174 valence electrons. The molecule has 0 aromatic heterocycles. The van der Waals surface area contributed by atoms with Crippen LogP contribution < -0.4 is 14.4 Å². The molecule has 6 nitrogen and oxygen atoms in total. The number of benzene rings is 3. The highest BCUT2D eigenvalue weighted by atomic mass is 35.5. The van der Waals surface area contributed by atoms with Gasteiger partial charge in [-0.25, -0.2) is 4.39 Å². The van der Waals surface area contributed by atoms with Crippen molar-refractivity contribution in [1.82, 2.24) is 0 Å². The molecule has 1 unspecified atom stereocenters. The van der Waals surface area contributed by atoms with Gasteiger partial charge in [-0.1, -0.05) is 29.8 Å². The van der Waals surface area contributed by atoms with Gasteiger partial charge in [-0.15, -0.1) is 0 Å². The van der Waals surface area contributed by atoms with Gasteiger partial charge in [0.25, 0.3) is 11.7 Å². The number of carbonyl (C=O) groups is 2. The van der Waals surface area contributed by atoms with Crippen molar-refractivity contribution < 1.29 is 28.6 Å². The minimum Gasteiger partial charge on any atom is -0.507 e. The smallest absolute Gasteiger partial charge is 0.300 e. The third-order valence-corrected chi connectivity index (χ3v) is 5.80. The van der Waals surface area contributed by atoms with Crippen molar-refractivity contribution in [2.75, 3.05) is 18.6 Å². The van der Waals surface area contributed by atoms with Crippen LogP contribution in [0.4, 0.5) is 10.1 Å². The fourth-order valence-corrected chi connectivity index (χ4v) is 4.11. The highest BCUT2D eigenvalue weighted by Crippen LogP contribution is 2.43. The number of ether oxygens (including phenoxy) is 2. The summed E-state index contributed by atoms with van der Waals surface area (Å²) in [6.45, 7) is 2.19. The molecule has 3 aromatic carbocycles. The number of aliphatic hydroxyl groups is 1. The van der Waals surface area contributed by atoms with Gasteiger partial charge >= 0.3 is 0 Å². The van der Waals surface area contributed by atoms with E-state index in [2.05, 4.69) is 0 Å². The predicted octanol–water partition coefficient (Wildman–Crippen LogP) is 5.51. The summed E-state index contributed by atoms with van der Waals surface area (Å²) >= 11 is 6.34. The van der Waals surface area contributed by atoms with E-state index in [1.807, 2.05) is 6.92 Å². The third-order valence-electron chi connectivity index (χ3n) is 5.47. The lowest BCUT2D eigenvalue weighted by Gasteiger charge is -2.26. The molecule has 1 fully saturated rings. The number of rotatable bonds is 6. The van der Waals surface area contributed by atoms with Crippen molar-refractivity contribution in [3.8, 4) is 11.5 Å². The molecular formula is C26H21ClFNO5. The first kappa shape index (κ1) is 23.3. The summed E-state index contributed by atoms with van der Waals surface area (Å²) in [6, 6.07) is 15.6. The topological polar surface area (TPSA) is 76.1 Å². The quantitative estimate of drug-likeness (QED) is 0.285. The van der Waals surface area contributed by atoms with E-state index >= 15 is 0 Å². The molecule has 8 heteroatoms. The Morgan fingerprint density at radius 2 is 1.79 bits per heavy atom. The first-order chi connectivity index (χ1) is 16.3. The van der Waals surface area contributed by atoms with Crippen molar-refractivity contribution in [2.45, 2.75) is 13.0 Å². The number of aliphatic hydroxyl groups excluding tert-OH is 1. The summed E-state index contributed by atoms with van der Waals surface area (Å²) < 4.78 is 24.4. The summed E-state index contributed by atoms with van der Waals surface area (Å²) in [5, 5.41) is 11.4. The summed E-state index contributed by atoms with van der Waals surface area (Å²) in [5.41, 5.74) is 0.782. The molecule has 0 bridgehead atoms. The number of amides is 1. The Morgan fingerprint density at radius 3 is 2.47 bits per heavy atom. The minimum atomic E-state index is -1.03. The Morgan fingerprint density at radius 1 is 1.06 bits per heavy atom. The molecule has 1 atom stereocenters. The van der Waals surface area contributed by atoms with Crippen LogP contribution in [-0.4, -0.2) is 30.5 Å². The number of Topliss-reactive ketones (excluding diaryl/α,β-unsaturated/α-hetero) is 1. The van der Waals surface area contributed by atoms with Crippen molar-refractivity contribution in [3.63, 3.8) is 0 Å². The molecule has 1 aliphatic heterocycles. The van der Waals surface area contributed by atoms with E-state index in [4.69, 9.17) is 21.1 Å². The van der Waals surface area contributed by atoms with Crippen LogP contribution in [-0.2, 0) is 9.59 Å². The van der Waals surface area contributed by atoms with E-state index in [0.29, 0.717) is 29.4 Å². The molecule has 1 N–H and O–H groups in total. The highest BCUT2D eigenvalue weighted by molar-refractivity contribution is 6.52. The van der Waals surface area contributed by atoms with Crippen molar-refractivity contribution in [1.29, 1.82) is 0 Å². The lowest BCUT2D eigenvalue weighted by atomic mass is 9.95. The van der Waals surface area contributed by atoms with Gasteiger partial charge in [0.2, 0.25) is 0 Å². The number of carbonyl (C=O) groups excluding carboxylic acids is 2. The second kappa shape index (κ2) is 9.57. The Bertz CT molecular complexity index is 1290. The zero-order chi connectivity index (χ0) is 24.4. The summed E-state index contributed by atoms with van der Waals surface area (Å²) in [4.78, 5) is 27.7. The molecule has 1 amide bonds. The van der Waals surface area contributed by atoms with Gasteiger partial charge in [-0.3, -0.25) is 14.5 Å². The van der Waals surface area contributed by atoms with Crippen LogP contribution in [0.5, 0.6) is 11.5 Å². The molecule has 0 saturated carbocycles. The first-order valence-electron chi connectivity index (χ1n) is 10.5. The van der Waals surface area contributed by atoms with Crippen LogP contribution in [0.2, 0.25) is 5.02 Å². The predicted molar refractivity (Wildman–Crippen MR) is 127 cm³/mol. The van der Waals surface area contributed by atoms with E-state index in [0.717, 1.165) is 0 Å². The lowest BCUT2D eigenvalue weighted by molar-refractivity contribution is -0.132. The second-order valence-electron chi connectivity index (χ2n) is 7.50. The number of nitrogens with zero attached hydrogens (tertiary/aromatic N) is 1. The number of halogens is 2. The van der Waals surface area contributed by atoms with Gasteiger partial charge in [-0.05, 0) is 55.0 Å². The van der Waals surface area contributed by atoms with E-state index in [-0.39, 0.29) is 16.2 Å². The van der Waals surface area contributed by atoms with Crippen LogP contribution in [0, 0.1) is 5.82 Å². The average molecular weight is 482 g/mol. The molecule has 0 radical (unpaired) electrons. The maximum Gasteiger partial charge on any atom is 0.300 e. The SMILES string of the molecule is CCOc1ccc(Cl)c(/C(O)=C2\C(=O)C(=O)N(c3cccc(OC)c3)C2c2ccc(F)cc2)c1. The van der Waals surface area contributed by atoms with Gasteiger partial charge < -0.3 is 14.6 Å². The summed E-state index contributed by atoms with van der Waals surface area (Å²) in [5.74, 6) is -1.76. The van der Waals surface area contributed by atoms with Crippen LogP contribution in [0.25, 0.3) is 5.76 Å². The van der Waals surface area contributed by atoms with Crippen molar-refractivity contribution in [2.24, 2.45) is 0 Å². The van der Waals surface area contributed by atoms with Crippen LogP contribution >= 0.6 is 11.6 Å². The standard InChI is InChI=1S/C26H21ClFNO5/c1-3-34-19-11-12-21(27)20(14-19)24(30)22-23(15-7-9-16(28)10-8-15)29(26(32)25(22)31)17-5-4-6-18(13-17)33-2/h4-14,23,30H,3H2,1-2H3/b24-22+. The van der Waals surface area contributed by atoms with E-state index in [9.17, 15) is 19.1 Å². The van der Waals surface area contributed by atoms with E-state index in [1.54, 1.807) is 30.3 Å². The number of hydrogen-bond acceptors (Lipinski definition) is 5. The van der Waals surface area contributed by atoms with Crippen molar-refractivity contribution >= 4 is 34.7 Å². The maximum absolute atomic E-state index is 13.7. The molecule has 1 aliphatic rings. The summed E-state index contributed by atoms with van der Waals surface area (Å²) in [6.07, 6.45) is 0.